The maximum atomic E-state index is 12.6. The van der Waals surface area contributed by atoms with Crippen LogP contribution in [-0.2, 0) is 6.54 Å². The van der Waals surface area contributed by atoms with Gasteiger partial charge in [0.1, 0.15) is 5.82 Å². The van der Waals surface area contributed by atoms with Crippen LogP contribution in [0.15, 0.2) is 42.7 Å². The number of hydrogen-bond donors (Lipinski definition) is 1. The first kappa shape index (κ1) is 19.4. The molecule has 1 fully saturated rings. The SMILES string of the molecule is C[C@H](NC(=O)N1CCC(c2nccn2CCN(C)C)CC1)c1ccccc1. The Balaban J connectivity index is 1.52. The molecule has 1 aromatic heterocycles. The molecule has 146 valence electrons. The minimum Gasteiger partial charge on any atom is -0.333 e. The zero-order valence-electron chi connectivity index (χ0n) is 16.6. The fourth-order valence-corrected chi connectivity index (χ4v) is 3.62. The number of nitrogens with one attached hydrogen (secondary N) is 1. The fraction of sp³-hybridized carbons (Fsp3) is 0.524. The summed E-state index contributed by atoms with van der Waals surface area (Å²) in [6.45, 7) is 5.54. The fourth-order valence-electron chi connectivity index (χ4n) is 3.62. The maximum absolute atomic E-state index is 12.6. The van der Waals surface area contributed by atoms with Crippen LogP contribution >= 0.6 is 0 Å². The van der Waals surface area contributed by atoms with Crippen molar-refractivity contribution in [3.05, 3.63) is 54.1 Å². The third-order valence-corrected chi connectivity index (χ3v) is 5.32. The number of piperidine rings is 1. The number of benzene rings is 1. The van der Waals surface area contributed by atoms with Crippen LogP contribution in [0.3, 0.4) is 0 Å². The molecule has 1 saturated heterocycles. The molecule has 3 rings (SSSR count). The number of likely N-dealkylation sites (N-methyl/N-ethyl adjacent to an activating group) is 1. The summed E-state index contributed by atoms with van der Waals surface area (Å²) in [7, 11) is 4.17. The lowest BCUT2D eigenvalue weighted by Crippen LogP contribution is -2.45. The van der Waals surface area contributed by atoms with E-state index < -0.39 is 0 Å². The largest absolute Gasteiger partial charge is 0.333 e. The molecular weight excluding hydrogens is 338 g/mol. The van der Waals surface area contributed by atoms with Crippen molar-refractivity contribution in [3.63, 3.8) is 0 Å². The first-order valence-electron chi connectivity index (χ1n) is 9.80. The minimum atomic E-state index is 0.0151. The topological polar surface area (TPSA) is 53.4 Å². The van der Waals surface area contributed by atoms with Gasteiger partial charge in [-0.1, -0.05) is 30.3 Å². The monoisotopic (exact) mass is 369 g/mol. The zero-order chi connectivity index (χ0) is 19.2. The Morgan fingerprint density at radius 3 is 2.63 bits per heavy atom. The van der Waals surface area contributed by atoms with Crippen molar-refractivity contribution in [2.75, 3.05) is 33.7 Å². The van der Waals surface area contributed by atoms with Crippen LogP contribution in [0.4, 0.5) is 4.79 Å². The lowest BCUT2D eigenvalue weighted by molar-refractivity contribution is 0.176. The first-order valence-corrected chi connectivity index (χ1v) is 9.80. The Labute approximate surface area is 162 Å². The first-order chi connectivity index (χ1) is 13.0. The van der Waals surface area contributed by atoms with Crippen LogP contribution in [-0.4, -0.2) is 59.1 Å². The van der Waals surface area contributed by atoms with E-state index in [1.807, 2.05) is 48.4 Å². The predicted molar refractivity (Wildman–Crippen MR) is 108 cm³/mol. The standard InChI is InChI=1S/C21H31N5O/c1-17(18-7-5-4-6-8-18)23-21(27)26-12-9-19(10-13-26)20-22-11-14-25(20)16-15-24(2)3/h4-8,11,14,17,19H,9-10,12-13,15-16H2,1-3H3,(H,23,27)/t17-/m0/s1. The summed E-state index contributed by atoms with van der Waals surface area (Å²) in [6, 6.07) is 10.1. The van der Waals surface area contributed by atoms with Gasteiger partial charge in [-0.3, -0.25) is 0 Å². The molecule has 2 aromatic rings. The van der Waals surface area contributed by atoms with Crippen molar-refractivity contribution in [2.24, 2.45) is 0 Å². The number of nitrogens with zero attached hydrogens (tertiary/aromatic N) is 4. The van der Waals surface area contributed by atoms with Gasteiger partial charge < -0.3 is 19.7 Å². The van der Waals surface area contributed by atoms with Crippen molar-refractivity contribution in [2.45, 2.75) is 38.3 Å². The molecule has 2 heterocycles. The number of imidazole rings is 1. The number of rotatable bonds is 6. The van der Waals surface area contributed by atoms with E-state index >= 15 is 0 Å². The molecule has 1 aromatic carbocycles. The van der Waals surface area contributed by atoms with E-state index in [2.05, 4.69) is 40.1 Å². The molecule has 27 heavy (non-hydrogen) atoms. The molecule has 0 saturated carbocycles. The highest BCUT2D eigenvalue weighted by molar-refractivity contribution is 5.74. The van der Waals surface area contributed by atoms with Crippen molar-refractivity contribution in [1.82, 2.24) is 24.7 Å². The predicted octanol–water partition coefficient (Wildman–Crippen LogP) is 3.09. The van der Waals surface area contributed by atoms with Crippen LogP contribution < -0.4 is 5.32 Å². The van der Waals surface area contributed by atoms with Crippen LogP contribution in [0.2, 0.25) is 0 Å². The van der Waals surface area contributed by atoms with E-state index in [1.54, 1.807) is 0 Å². The molecule has 1 atom stereocenters. The van der Waals surface area contributed by atoms with Gasteiger partial charge in [-0.15, -0.1) is 0 Å². The summed E-state index contributed by atoms with van der Waals surface area (Å²) >= 11 is 0. The Bertz CT molecular complexity index is 719. The van der Waals surface area contributed by atoms with Gasteiger partial charge in [0.2, 0.25) is 0 Å². The van der Waals surface area contributed by atoms with Gasteiger partial charge in [-0.25, -0.2) is 9.78 Å². The van der Waals surface area contributed by atoms with Gasteiger partial charge in [0, 0.05) is 44.5 Å². The molecule has 0 unspecified atom stereocenters. The van der Waals surface area contributed by atoms with E-state index in [9.17, 15) is 4.79 Å². The summed E-state index contributed by atoms with van der Waals surface area (Å²) in [5.41, 5.74) is 1.13. The average molecular weight is 370 g/mol. The second-order valence-electron chi connectivity index (χ2n) is 7.63. The van der Waals surface area contributed by atoms with Gasteiger partial charge >= 0.3 is 6.03 Å². The number of hydrogen-bond acceptors (Lipinski definition) is 3. The molecule has 6 heteroatoms. The molecule has 1 N–H and O–H groups in total. The van der Waals surface area contributed by atoms with Crippen LogP contribution in [0.1, 0.15) is 43.1 Å². The van der Waals surface area contributed by atoms with Gasteiger partial charge in [0.25, 0.3) is 0 Å². The zero-order valence-corrected chi connectivity index (χ0v) is 16.6. The summed E-state index contributed by atoms with van der Waals surface area (Å²) in [5.74, 6) is 1.59. The quantitative estimate of drug-likeness (QED) is 0.851. The van der Waals surface area contributed by atoms with Gasteiger partial charge in [-0.05, 0) is 39.4 Å². The Morgan fingerprint density at radius 1 is 1.26 bits per heavy atom. The van der Waals surface area contributed by atoms with Crippen molar-refractivity contribution in [3.8, 4) is 0 Å². The third-order valence-electron chi connectivity index (χ3n) is 5.32. The number of urea groups is 1. The van der Waals surface area contributed by atoms with Crippen molar-refractivity contribution in [1.29, 1.82) is 0 Å². The van der Waals surface area contributed by atoms with Gasteiger partial charge in [0.15, 0.2) is 0 Å². The molecule has 1 aliphatic rings. The molecule has 2 amide bonds. The normalized spacial score (nSPS) is 16.5. The van der Waals surface area contributed by atoms with Crippen LogP contribution in [0.25, 0.3) is 0 Å². The highest BCUT2D eigenvalue weighted by Gasteiger charge is 2.27. The second kappa shape index (κ2) is 9.04. The second-order valence-corrected chi connectivity index (χ2v) is 7.63. The number of aromatic nitrogens is 2. The molecule has 6 nitrogen and oxygen atoms in total. The highest BCUT2D eigenvalue weighted by atomic mass is 16.2. The molecule has 1 aliphatic heterocycles. The lowest BCUT2D eigenvalue weighted by Gasteiger charge is -2.33. The molecule has 0 radical (unpaired) electrons. The minimum absolute atomic E-state index is 0.0151. The number of carbonyl (C=O) groups excluding carboxylic acids is 1. The smallest absolute Gasteiger partial charge is 0.317 e. The Kier molecular flexibility index (Phi) is 6.50. The van der Waals surface area contributed by atoms with Gasteiger partial charge in [-0.2, -0.15) is 0 Å². The highest BCUT2D eigenvalue weighted by Crippen LogP contribution is 2.27. The van der Waals surface area contributed by atoms with E-state index in [4.69, 9.17) is 0 Å². The van der Waals surface area contributed by atoms with Gasteiger partial charge in [0.05, 0.1) is 6.04 Å². The van der Waals surface area contributed by atoms with E-state index in [0.717, 1.165) is 50.4 Å². The Hall–Kier alpha value is -2.34. The van der Waals surface area contributed by atoms with E-state index in [0.29, 0.717) is 5.92 Å². The summed E-state index contributed by atoms with van der Waals surface area (Å²) in [4.78, 5) is 21.3. The summed E-state index contributed by atoms with van der Waals surface area (Å²) in [5, 5.41) is 3.12. The number of likely N-dealkylation sites (tertiary alicyclic amines) is 1. The average Bonchev–Trinajstić information content (AvgIpc) is 3.15. The van der Waals surface area contributed by atoms with Crippen LogP contribution in [0.5, 0.6) is 0 Å². The Morgan fingerprint density at radius 2 is 1.96 bits per heavy atom. The molecule has 0 aliphatic carbocycles. The summed E-state index contributed by atoms with van der Waals surface area (Å²) in [6.07, 6.45) is 5.89. The van der Waals surface area contributed by atoms with E-state index in [1.165, 1.54) is 0 Å². The van der Waals surface area contributed by atoms with E-state index in [-0.39, 0.29) is 12.1 Å². The van der Waals surface area contributed by atoms with Crippen molar-refractivity contribution >= 4 is 6.03 Å². The number of amides is 2. The molecule has 0 spiro atoms. The van der Waals surface area contributed by atoms with Crippen molar-refractivity contribution < 1.29 is 4.79 Å². The number of carbonyl (C=O) groups is 1. The molecule has 0 bridgehead atoms. The lowest BCUT2D eigenvalue weighted by atomic mass is 9.96. The van der Waals surface area contributed by atoms with Crippen LogP contribution in [0, 0.1) is 0 Å². The summed E-state index contributed by atoms with van der Waals surface area (Å²) < 4.78 is 2.26. The molecular formula is C21H31N5O. The maximum Gasteiger partial charge on any atom is 0.317 e. The third kappa shape index (κ3) is 5.10.